The Morgan fingerprint density at radius 1 is 1.14 bits per heavy atom. The predicted molar refractivity (Wildman–Crippen MR) is 112 cm³/mol. The van der Waals surface area contributed by atoms with E-state index in [0.29, 0.717) is 23.4 Å². The number of anilines is 1. The number of amides is 1. The minimum absolute atomic E-state index is 0.242. The van der Waals surface area contributed by atoms with Gasteiger partial charge in [-0.1, -0.05) is 37.3 Å². The van der Waals surface area contributed by atoms with E-state index in [2.05, 4.69) is 17.1 Å². The highest BCUT2D eigenvalue weighted by Crippen LogP contribution is 2.29. The fourth-order valence-corrected chi connectivity index (χ4v) is 3.84. The van der Waals surface area contributed by atoms with E-state index in [1.54, 1.807) is 24.3 Å². The summed E-state index contributed by atoms with van der Waals surface area (Å²) in [5.41, 5.74) is 4.13. The number of likely N-dealkylation sites (N-methyl/N-ethyl adjacent to an activating group) is 1. The number of ether oxygens (including phenoxy) is 1. The fraction of sp³-hybridized carbons (Fsp3) is 0.261. The fourth-order valence-electron chi connectivity index (χ4n) is 3.84. The second kappa shape index (κ2) is 8.01. The number of rotatable bonds is 4. The summed E-state index contributed by atoms with van der Waals surface area (Å²) in [6.07, 6.45) is 0.813. The lowest BCUT2D eigenvalue weighted by Crippen LogP contribution is -2.33. The molecule has 6 heteroatoms. The molecule has 0 radical (unpaired) electrons. The van der Waals surface area contributed by atoms with E-state index in [0.717, 1.165) is 41.7 Å². The average Bonchev–Trinajstić information content (AvgIpc) is 2.76. The molecule has 1 aromatic heterocycles. The number of nitrogens with zero attached hydrogens (tertiary/aromatic N) is 2. The van der Waals surface area contributed by atoms with Crippen molar-refractivity contribution < 1.29 is 14.3 Å². The summed E-state index contributed by atoms with van der Waals surface area (Å²) in [5, 5.41) is 3.75. The Kier molecular flexibility index (Phi) is 5.27. The first-order valence-electron chi connectivity index (χ1n) is 9.74. The van der Waals surface area contributed by atoms with Gasteiger partial charge in [-0.3, -0.25) is 14.7 Å². The van der Waals surface area contributed by atoms with Crippen molar-refractivity contribution in [2.75, 3.05) is 25.5 Å². The van der Waals surface area contributed by atoms with Crippen molar-refractivity contribution in [1.29, 1.82) is 0 Å². The number of fused-ring (bicyclic) bond motifs is 2. The molecule has 1 N–H and O–H groups in total. The number of esters is 1. The van der Waals surface area contributed by atoms with Crippen LogP contribution in [0.25, 0.3) is 10.9 Å². The first-order valence-corrected chi connectivity index (χ1v) is 9.74. The summed E-state index contributed by atoms with van der Waals surface area (Å²) in [6, 6.07) is 14.6. The highest BCUT2D eigenvalue weighted by Gasteiger charge is 2.26. The van der Waals surface area contributed by atoms with E-state index >= 15 is 0 Å². The number of carbonyl (C=O) groups is 2. The lowest BCUT2D eigenvalue weighted by Gasteiger charge is -2.29. The van der Waals surface area contributed by atoms with Gasteiger partial charge in [-0.25, -0.2) is 4.79 Å². The van der Waals surface area contributed by atoms with Gasteiger partial charge in [0.1, 0.15) is 0 Å². The SMILES string of the molecule is CCN1CCc2nc3ccccc3c(C(=O)Nc3ccccc3C(=O)OC)c2C1. The second-order valence-electron chi connectivity index (χ2n) is 7.04. The highest BCUT2D eigenvalue weighted by atomic mass is 16.5. The number of para-hydroxylation sites is 2. The average molecular weight is 389 g/mol. The Morgan fingerprint density at radius 2 is 1.90 bits per heavy atom. The third-order valence-corrected chi connectivity index (χ3v) is 5.38. The maximum absolute atomic E-state index is 13.4. The van der Waals surface area contributed by atoms with Crippen LogP contribution in [0.4, 0.5) is 5.69 Å². The second-order valence-corrected chi connectivity index (χ2v) is 7.04. The van der Waals surface area contributed by atoms with Crippen LogP contribution in [0.2, 0.25) is 0 Å². The van der Waals surface area contributed by atoms with E-state index < -0.39 is 5.97 Å². The molecule has 3 aromatic rings. The standard InChI is InChI=1S/C23H23N3O3/c1-3-26-13-12-20-17(14-26)21(15-8-4-6-10-18(15)24-20)22(27)25-19-11-7-5-9-16(19)23(28)29-2/h4-11H,3,12-14H2,1-2H3,(H,25,27). The first kappa shape index (κ1) is 19.1. The van der Waals surface area contributed by atoms with Gasteiger partial charge in [0.15, 0.2) is 0 Å². The van der Waals surface area contributed by atoms with Crippen molar-refractivity contribution in [3.05, 3.63) is 70.9 Å². The zero-order chi connectivity index (χ0) is 20.4. The van der Waals surface area contributed by atoms with E-state index in [1.807, 2.05) is 24.3 Å². The zero-order valence-electron chi connectivity index (χ0n) is 16.6. The highest BCUT2D eigenvalue weighted by molar-refractivity contribution is 6.15. The normalized spacial score (nSPS) is 13.7. The maximum atomic E-state index is 13.4. The van der Waals surface area contributed by atoms with Crippen molar-refractivity contribution in [3.63, 3.8) is 0 Å². The summed E-state index contributed by atoms with van der Waals surface area (Å²) in [4.78, 5) is 32.7. The molecule has 0 atom stereocenters. The summed E-state index contributed by atoms with van der Waals surface area (Å²) in [7, 11) is 1.33. The lowest BCUT2D eigenvalue weighted by atomic mass is 9.95. The maximum Gasteiger partial charge on any atom is 0.339 e. The third-order valence-electron chi connectivity index (χ3n) is 5.38. The number of hydrogen-bond donors (Lipinski definition) is 1. The van der Waals surface area contributed by atoms with Gasteiger partial charge in [-0.15, -0.1) is 0 Å². The van der Waals surface area contributed by atoms with Crippen molar-refractivity contribution >= 4 is 28.5 Å². The molecule has 2 heterocycles. The Morgan fingerprint density at radius 3 is 2.69 bits per heavy atom. The van der Waals surface area contributed by atoms with Crippen molar-refractivity contribution in [1.82, 2.24) is 9.88 Å². The van der Waals surface area contributed by atoms with Crippen LogP contribution < -0.4 is 5.32 Å². The van der Waals surface area contributed by atoms with Crippen LogP contribution in [0.15, 0.2) is 48.5 Å². The molecule has 6 nitrogen and oxygen atoms in total. The molecule has 2 aromatic carbocycles. The van der Waals surface area contributed by atoms with Gasteiger partial charge in [-0.2, -0.15) is 0 Å². The van der Waals surface area contributed by atoms with E-state index in [9.17, 15) is 9.59 Å². The number of benzene rings is 2. The van der Waals surface area contributed by atoms with Crippen LogP contribution in [0.5, 0.6) is 0 Å². The number of carbonyl (C=O) groups excluding carboxylic acids is 2. The lowest BCUT2D eigenvalue weighted by molar-refractivity contribution is 0.0602. The van der Waals surface area contributed by atoms with E-state index in [1.165, 1.54) is 7.11 Å². The topological polar surface area (TPSA) is 71.5 Å². The Hall–Kier alpha value is -3.25. The summed E-state index contributed by atoms with van der Waals surface area (Å²) in [6.45, 7) is 4.65. The van der Waals surface area contributed by atoms with Crippen LogP contribution >= 0.6 is 0 Å². The first-order chi connectivity index (χ1) is 14.1. The Bertz CT molecular complexity index is 1090. The number of aromatic nitrogens is 1. The molecule has 0 spiro atoms. The van der Waals surface area contributed by atoms with Gasteiger partial charge < -0.3 is 10.1 Å². The number of pyridine rings is 1. The molecular weight excluding hydrogens is 366 g/mol. The number of nitrogens with one attached hydrogen (secondary N) is 1. The predicted octanol–water partition coefficient (Wildman–Crippen LogP) is 3.65. The Labute approximate surface area is 169 Å². The molecule has 0 bridgehead atoms. The Balaban J connectivity index is 1.81. The molecule has 148 valence electrons. The zero-order valence-corrected chi connectivity index (χ0v) is 16.6. The van der Waals surface area contributed by atoms with Gasteiger partial charge in [0, 0.05) is 36.2 Å². The smallest absolute Gasteiger partial charge is 0.339 e. The van der Waals surface area contributed by atoms with Crippen LogP contribution in [-0.4, -0.2) is 42.0 Å². The van der Waals surface area contributed by atoms with E-state index in [4.69, 9.17) is 9.72 Å². The minimum Gasteiger partial charge on any atom is -0.465 e. The molecule has 0 saturated carbocycles. The molecule has 4 rings (SSSR count). The van der Waals surface area contributed by atoms with Gasteiger partial charge in [0.25, 0.3) is 5.91 Å². The largest absolute Gasteiger partial charge is 0.465 e. The molecule has 0 saturated heterocycles. The van der Waals surface area contributed by atoms with Crippen molar-refractivity contribution in [2.45, 2.75) is 19.9 Å². The molecule has 1 aliphatic heterocycles. The van der Waals surface area contributed by atoms with Gasteiger partial charge in [0.2, 0.25) is 0 Å². The van der Waals surface area contributed by atoms with Crippen LogP contribution in [0, 0.1) is 0 Å². The molecule has 1 aliphatic rings. The summed E-state index contributed by atoms with van der Waals surface area (Å²) in [5.74, 6) is -0.728. The summed E-state index contributed by atoms with van der Waals surface area (Å²) < 4.78 is 4.85. The van der Waals surface area contributed by atoms with Gasteiger partial charge in [0.05, 0.1) is 29.4 Å². The van der Waals surface area contributed by atoms with Crippen molar-refractivity contribution in [2.24, 2.45) is 0 Å². The quantitative estimate of drug-likeness (QED) is 0.690. The molecule has 0 aliphatic carbocycles. The third kappa shape index (κ3) is 3.59. The molecule has 29 heavy (non-hydrogen) atoms. The molecule has 0 fully saturated rings. The monoisotopic (exact) mass is 389 g/mol. The number of hydrogen-bond acceptors (Lipinski definition) is 5. The van der Waals surface area contributed by atoms with Crippen LogP contribution in [-0.2, 0) is 17.7 Å². The molecule has 0 unspecified atom stereocenters. The van der Waals surface area contributed by atoms with Crippen LogP contribution in [0.1, 0.15) is 38.9 Å². The molecular formula is C23H23N3O3. The molecule has 1 amide bonds. The summed E-state index contributed by atoms with van der Waals surface area (Å²) >= 11 is 0. The van der Waals surface area contributed by atoms with Gasteiger partial charge in [-0.05, 0) is 24.7 Å². The minimum atomic E-state index is -0.486. The van der Waals surface area contributed by atoms with E-state index in [-0.39, 0.29) is 5.91 Å². The van der Waals surface area contributed by atoms with Crippen molar-refractivity contribution in [3.8, 4) is 0 Å². The van der Waals surface area contributed by atoms with Crippen LogP contribution in [0.3, 0.4) is 0 Å². The number of methoxy groups -OCH3 is 1. The van der Waals surface area contributed by atoms with Gasteiger partial charge >= 0.3 is 5.97 Å².